The van der Waals surface area contributed by atoms with Crippen LogP contribution in [-0.4, -0.2) is 47.6 Å². The van der Waals surface area contributed by atoms with Crippen molar-refractivity contribution in [2.24, 2.45) is 0 Å². The lowest BCUT2D eigenvalue weighted by Gasteiger charge is -2.35. The maximum absolute atomic E-state index is 12.2. The summed E-state index contributed by atoms with van der Waals surface area (Å²) < 4.78 is 4.98. The molecular formula is C15H22N2O4. The summed E-state index contributed by atoms with van der Waals surface area (Å²) in [5.74, 6) is -0.0233. The van der Waals surface area contributed by atoms with Gasteiger partial charge in [0.25, 0.3) is 5.91 Å². The molecule has 1 saturated heterocycles. The zero-order chi connectivity index (χ0) is 15.1. The van der Waals surface area contributed by atoms with E-state index < -0.39 is 0 Å². The smallest absolute Gasteiger partial charge is 0.286 e. The molecule has 21 heavy (non-hydrogen) atoms. The summed E-state index contributed by atoms with van der Waals surface area (Å²) in [6.07, 6.45) is 5.40. The van der Waals surface area contributed by atoms with E-state index in [1.165, 1.54) is 6.26 Å². The van der Waals surface area contributed by atoms with E-state index in [1.807, 2.05) is 4.90 Å². The predicted octanol–water partition coefficient (Wildman–Crippen LogP) is 1.16. The van der Waals surface area contributed by atoms with E-state index in [9.17, 15) is 9.59 Å². The Kier molecular flexibility index (Phi) is 5.80. The van der Waals surface area contributed by atoms with Gasteiger partial charge in [0.2, 0.25) is 5.91 Å². The molecule has 1 fully saturated rings. The van der Waals surface area contributed by atoms with E-state index in [0.29, 0.717) is 13.0 Å². The largest absolute Gasteiger partial charge is 0.459 e. The van der Waals surface area contributed by atoms with Crippen molar-refractivity contribution in [2.45, 2.75) is 38.1 Å². The quantitative estimate of drug-likeness (QED) is 0.825. The maximum atomic E-state index is 12.2. The summed E-state index contributed by atoms with van der Waals surface area (Å²) in [5.41, 5.74) is 0. The third-order valence-corrected chi connectivity index (χ3v) is 3.78. The third-order valence-electron chi connectivity index (χ3n) is 3.78. The summed E-state index contributed by atoms with van der Waals surface area (Å²) in [4.78, 5) is 25.7. The molecule has 116 valence electrons. The van der Waals surface area contributed by atoms with Crippen molar-refractivity contribution in [3.63, 3.8) is 0 Å². The number of piperidine rings is 1. The Morgan fingerprint density at radius 1 is 1.43 bits per heavy atom. The number of likely N-dealkylation sites (tertiary alicyclic amines) is 1. The minimum Gasteiger partial charge on any atom is -0.459 e. The highest BCUT2D eigenvalue weighted by molar-refractivity contribution is 5.91. The summed E-state index contributed by atoms with van der Waals surface area (Å²) in [6.45, 7) is 1.14. The average Bonchev–Trinajstić information content (AvgIpc) is 3.02. The number of carbonyl (C=O) groups is 2. The van der Waals surface area contributed by atoms with Crippen LogP contribution < -0.4 is 5.32 Å². The van der Waals surface area contributed by atoms with Gasteiger partial charge in [-0.15, -0.1) is 0 Å². The lowest BCUT2D eigenvalue weighted by atomic mass is 9.99. The fourth-order valence-electron chi connectivity index (χ4n) is 2.70. The van der Waals surface area contributed by atoms with Crippen LogP contribution in [0.2, 0.25) is 0 Å². The number of furan rings is 1. The van der Waals surface area contributed by atoms with Crippen molar-refractivity contribution < 1.29 is 19.1 Å². The summed E-state index contributed by atoms with van der Waals surface area (Å²) in [7, 11) is 0. The Hall–Kier alpha value is -1.82. The third kappa shape index (κ3) is 4.32. The Labute approximate surface area is 124 Å². The number of aliphatic hydroxyl groups is 1. The molecule has 6 heteroatoms. The molecule has 1 aliphatic heterocycles. The summed E-state index contributed by atoms with van der Waals surface area (Å²) >= 11 is 0. The molecule has 1 unspecified atom stereocenters. The van der Waals surface area contributed by atoms with Crippen LogP contribution in [0.25, 0.3) is 0 Å². The molecule has 2 amide bonds. The van der Waals surface area contributed by atoms with Crippen LogP contribution in [0.15, 0.2) is 22.8 Å². The first-order valence-electron chi connectivity index (χ1n) is 7.44. The molecule has 1 aliphatic rings. The van der Waals surface area contributed by atoms with Gasteiger partial charge < -0.3 is 19.7 Å². The van der Waals surface area contributed by atoms with Crippen molar-refractivity contribution in [2.75, 3.05) is 19.7 Å². The van der Waals surface area contributed by atoms with Gasteiger partial charge in [-0.3, -0.25) is 9.59 Å². The first-order chi connectivity index (χ1) is 10.2. The molecule has 1 atom stereocenters. The Morgan fingerprint density at radius 3 is 3.00 bits per heavy atom. The second-order valence-corrected chi connectivity index (χ2v) is 5.23. The van der Waals surface area contributed by atoms with Gasteiger partial charge in [0, 0.05) is 32.2 Å². The molecule has 0 spiro atoms. The van der Waals surface area contributed by atoms with E-state index in [-0.39, 0.29) is 36.6 Å². The van der Waals surface area contributed by atoms with Crippen LogP contribution in [0.3, 0.4) is 0 Å². The Balaban J connectivity index is 1.76. The molecular weight excluding hydrogens is 272 g/mol. The molecule has 1 aromatic rings. The Bertz CT molecular complexity index is 456. The lowest BCUT2D eigenvalue weighted by Crippen LogP contribution is -2.45. The highest BCUT2D eigenvalue weighted by atomic mass is 16.3. The fourth-order valence-corrected chi connectivity index (χ4v) is 2.70. The molecule has 1 aromatic heterocycles. The molecule has 0 radical (unpaired) electrons. The first kappa shape index (κ1) is 15.6. The zero-order valence-corrected chi connectivity index (χ0v) is 12.1. The molecule has 2 N–H and O–H groups in total. The van der Waals surface area contributed by atoms with Gasteiger partial charge in [-0.2, -0.15) is 0 Å². The monoisotopic (exact) mass is 294 g/mol. The number of amides is 2. The number of aliphatic hydroxyl groups excluding tert-OH is 1. The standard InChI is InChI=1S/C15H22N2O4/c18-10-7-12-4-1-2-9-17(12)14(19)6-8-16-15(20)13-5-3-11-21-13/h3,5,11-12,18H,1-2,4,6-10H2,(H,16,20). The van der Waals surface area contributed by atoms with Crippen molar-refractivity contribution in [1.82, 2.24) is 10.2 Å². The van der Waals surface area contributed by atoms with Crippen molar-refractivity contribution in [3.8, 4) is 0 Å². The van der Waals surface area contributed by atoms with E-state index in [0.717, 1.165) is 25.8 Å². The second kappa shape index (κ2) is 7.83. The van der Waals surface area contributed by atoms with Gasteiger partial charge >= 0.3 is 0 Å². The maximum Gasteiger partial charge on any atom is 0.286 e. The van der Waals surface area contributed by atoms with Gasteiger partial charge in [0.05, 0.1) is 6.26 Å². The van der Waals surface area contributed by atoms with Crippen LogP contribution in [0.5, 0.6) is 0 Å². The SMILES string of the molecule is O=C(NCCC(=O)N1CCCCC1CCO)c1ccco1. The molecule has 0 aromatic carbocycles. The Morgan fingerprint density at radius 2 is 2.29 bits per heavy atom. The van der Waals surface area contributed by atoms with Gasteiger partial charge in [-0.25, -0.2) is 0 Å². The number of hydrogen-bond donors (Lipinski definition) is 2. The lowest BCUT2D eigenvalue weighted by molar-refractivity contribution is -0.135. The zero-order valence-electron chi connectivity index (χ0n) is 12.1. The fraction of sp³-hybridized carbons (Fsp3) is 0.600. The summed E-state index contributed by atoms with van der Waals surface area (Å²) in [6, 6.07) is 3.36. The van der Waals surface area contributed by atoms with Gasteiger partial charge in [-0.05, 0) is 37.8 Å². The number of hydrogen-bond acceptors (Lipinski definition) is 4. The minimum atomic E-state index is -0.307. The molecule has 0 saturated carbocycles. The average molecular weight is 294 g/mol. The molecule has 0 aliphatic carbocycles. The van der Waals surface area contributed by atoms with Crippen LogP contribution >= 0.6 is 0 Å². The highest BCUT2D eigenvalue weighted by Gasteiger charge is 2.25. The number of carbonyl (C=O) groups excluding carboxylic acids is 2. The van der Waals surface area contributed by atoms with Crippen LogP contribution in [0, 0.1) is 0 Å². The predicted molar refractivity (Wildman–Crippen MR) is 76.7 cm³/mol. The van der Waals surface area contributed by atoms with Crippen molar-refractivity contribution in [1.29, 1.82) is 0 Å². The van der Waals surface area contributed by atoms with E-state index in [2.05, 4.69) is 5.32 Å². The second-order valence-electron chi connectivity index (χ2n) is 5.23. The van der Waals surface area contributed by atoms with Gasteiger partial charge in [0.1, 0.15) is 0 Å². The van der Waals surface area contributed by atoms with Crippen molar-refractivity contribution in [3.05, 3.63) is 24.2 Å². The van der Waals surface area contributed by atoms with Gasteiger partial charge in [0.15, 0.2) is 5.76 Å². The molecule has 2 heterocycles. The van der Waals surface area contributed by atoms with E-state index in [1.54, 1.807) is 12.1 Å². The normalized spacial score (nSPS) is 18.5. The van der Waals surface area contributed by atoms with Gasteiger partial charge in [-0.1, -0.05) is 0 Å². The molecule has 0 bridgehead atoms. The van der Waals surface area contributed by atoms with Crippen LogP contribution in [0.1, 0.15) is 42.7 Å². The molecule has 6 nitrogen and oxygen atoms in total. The number of rotatable bonds is 6. The number of nitrogens with zero attached hydrogens (tertiary/aromatic N) is 1. The van der Waals surface area contributed by atoms with E-state index in [4.69, 9.17) is 9.52 Å². The van der Waals surface area contributed by atoms with Crippen molar-refractivity contribution >= 4 is 11.8 Å². The topological polar surface area (TPSA) is 82.8 Å². The summed E-state index contributed by atoms with van der Waals surface area (Å²) in [5, 5.41) is 11.7. The number of nitrogens with one attached hydrogen (secondary N) is 1. The first-order valence-corrected chi connectivity index (χ1v) is 7.44. The van der Waals surface area contributed by atoms with Crippen LogP contribution in [-0.2, 0) is 4.79 Å². The molecule has 2 rings (SSSR count). The van der Waals surface area contributed by atoms with E-state index >= 15 is 0 Å². The van der Waals surface area contributed by atoms with Crippen LogP contribution in [0.4, 0.5) is 0 Å². The highest BCUT2D eigenvalue weighted by Crippen LogP contribution is 2.20. The minimum absolute atomic E-state index is 0.0351.